The number of fused-ring (bicyclic) bond motifs is 1. The number of benzene rings is 1. The van der Waals surface area contributed by atoms with E-state index in [1.165, 1.54) is 6.42 Å². The average molecular weight is 576 g/mol. The zero-order chi connectivity index (χ0) is 29.6. The van der Waals surface area contributed by atoms with E-state index >= 15 is 0 Å². The fourth-order valence-electron chi connectivity index (χ4n) is 6.12. The number of nitrogens with two attached hydrogens (primary N) is 1. The quantitative estimate of drug-likeness (QED) is 0.279. The van der Waals surface area contributed by atoms with Gasteiger partial charge in [0, 0.05) is 82.6 Å². The van der Waals surface area contributed by atoms with E-state index in [0.717, 1.165) is 111 Å². The molecule has 4 heterocycles. The van der Waals surface area contributed by atoms with Crippen molar-refractivity contribution < 1.29 is 4.74 Å². The third kappa shape index (κ3) is 6.55. The Morgan fingerprint density at radius 2 is 1.90 bits per heavy atom. The molecular formula is C32H49N9O. The fourth-order valence-corrected chi connectivity index (χ4v) is 6.12. The van der Waals surface area contributed by atoms with E-state index in [0.29, 0.717) is 23.3 Å². The van der Waals surface area contributed by atoms with Crippen molar-refractivity contribution in [3.05, 3.63) is 30.1 Å². The van der Waals surface area contributed by atoms with Gasteiger partial charge < -0.3 is 30.9 Å². The number of aromatic nitrogens is 3. The summed E-state index contributed by atoms with van der Waals surface area (Å²) >= 11 is 0. The van der Waals surface area contributed by atoms with Gasteiger partial charge in [0.1, 0.15) is 22.6 Å². The molecule has 0 amide bonds. The molecule has 0 aliphatic carbocycles. The van der Waals surface area contributed by atoms with E-state index in [9.17, 15) is 0 Å². The minimum absolute atomic E-state index is 0.400. The Labute approximate surface area is 251 Å². The molecule has 3 aromatic rings. The van der Waals surface area contributed by atoms with Gasteiger partial charge >= 0.3 is 0 Å². The van der Waals surface area contributed by atoms with Gasteiger partial charge in [0.25, 0.3) is 0 Å². The monoisotopic (exact) mass is 575 g/mol. The molecule has 10 heteroatoms. The molecule has 2 aromatic heterocycles. The topological polar surface area (TPSA) is 108 Å². The molecule has 2 saturated heterocycles. The van der Waals surface area contributed by atoms with Crippen molar-refractivity contribution in [1.82, 2.24) is 30.1 Å². The number of nitrogens with one attached hydrogen (secondary N) is 2. The summed E-state index contributed by atoms with van der Waals surface area (Å²) in [6.07, 6.45) is 4.88. The molecule has 5 rings (SSSR count). The van der Waals surface area contributed by atoms with Crippen molar-refractivity contribution in [3.63, 3.8) is 0 Å². The Bertz CT molecular complexity index is 1340. The summed E-state index contributed by atoms with van der Waals surface area (Å²) in [5, 5.41) is 6.89. The first kappa shape index (κ1) is 30.3. The number of hydrogen-bond acceptors (Lipinski definition) is 10. The molecule has 0 bridgehead atoms. The van der Waals surface area contributed by atoms with Crippen LogP contribution in [0.3, 0.4) is 0 Å². The maximum absolute atomic E-state index is 6.32. The highest BCUT2D eigenvalue weighted by molar-refractivity contribution is 5.97. The van der Waals surface area contributed by atoms with Crippen LogP contribution in [0.25, 0.3) is 22.2 Å². The highest BCUT2D eigenvalue weighted by atomic mass is 16.5. The molecule has 2 aliphatic heterocycles. The zero-order valence-corrected chi connectivity index (χ0v) is 26.1. The Morgan fingerprint density at radius 1 is 1.12 bits per heavy atom. The number of likely N-dealkylation sites (N-methyl/N-ethyl adjacent to an activating group) is 1. The summed E-state index contributed by atoms with van der Waals surface area (Å²) in [7, 11) is 3.97. The van der Waals surface area contributed by atoms with Gasteiger partial charge in [-0.1, -0.05) is 19.9 Å². The SMILES string of the molecule is CCc1nc2c(N)ncc(-c3ccc(N(CC)CCC(CC)N4CCN(C)CC4)c(OC)c3)c2nc1NCC1CNC1. The summed E-state index contributed by atoms with van der Waals surface area (Å²) in [6, 6.07) is 7.02. The normalized spacial score (nSPS) is 17.3. The molecule has 0 radical (unpaired) electrons. The Hall–Kier alpha value is -3.21. The standard InChI is InChI=1S/C32H49N9O/c1-6-24(41-15-13-39(4)14-16-41)11-12-40(8-3)27-10-9-23(17-28(27)42-5)25-21-35-31(33)30-29(25)38-32(26(7-2)37-30)36-20-22-18-34-19-22/h9-10,17,21-22,24,34H,6-8,11-16,18-20H2,1-5H3,(H2,33,35)(H,36,38). The third-order valence-electron chi connectivity index (χ3n) is 9.03. The van der Waals surface area contributed by atoms with Gasteiger partial charge in [0.2, 0.25) is 0 Å². The largest absolute Gasteiger partial charge is 0.495 e. The van der Waals surface area contributed by atoms with E-state index in [4.69, 9.17) is 20.4 Å². The number of nitrogen functional groups attached to an aromatic ring is 1. The lowest BCUT2D eigenvalue weighted by Gasteiger charge is -2.38. The van der Waals surface area contributed by atoms with Crippen LogP contribution in [0, 0.1) is 5.92 Å². The molecule has 0 spiro atoms. The van der Waals surface area contributed by atoms with Gasteiger partial charge in [0.15, 0.2) is 5.82 Å². The lowest BCUT2D eigenvalue weighted by atomic mass is 10.0. The third-order valence-corrected chi connectivity index (χ3v) is 9.03. The fraction of sp³-hybridized carbons (Fsp3) is 0.594. The lowest BCUT2D eigenvalue weighted by molar-refractivity contribution is 0.105. The van der Waals surface area contributed by atoms with E-state index in [1.54, 1.807) is 7.11 Å². The van der Waals surface area contributed by atoms with Gasteiger partial charge in [-0.25, -0.2) is 15.0 Å². The first-order chi connectivity index (χ1) is 20.4. The first-order valence-electron chi connectivity index (χ1n) is 15.7. The highest BCUT2D eigenvalue weighted by Gasteiger charge is 2.23. The molecule has 1 aromatic carbocycles. The number of piperazine rings is 1. The molecule has 42 heavy (non-hydrogen) atoms. The Morgan fingerprint density at radius 3 is 2.55 bits per heavy atom. The molecule has 228 valence electrons. The van der Waals surface area contributed by atoms with E-state index in [2.05, 4.69) is 76.3 Å². The summed E-state index contributed by atoms with van der Waals surface area (Å²) in [4.78, 5) is 22.0. The number of aryl methyl sites for hydroxylation is 1. The van der Waals surface area contributed by atoms with E-state index in [-0.39, 0.29) is 0 Å². The van der Waals surface area contributed by atoms with Crippen molar-refractivity contribution in [2.75, 3.05) is 89.0 Å². The van der Waals surface area contributed by atoms with Crippen LogP contribution in [0.1, 0.15) is 39.3 Å². The Kier molecular flexibility index (Phi) is 9.97. The second-order valence-corrected chi connectivity index (χ2v) is 11.7. The van der Waals surface area contributed by atoms with Crippen LogP contribution in [0.4, 0.5) is 17.3 Å². The van der Waals surface area contributed by atoms with Gasteiger partial charge in [-0.15, -0.1) is 0 Å². The van der Waals surface area contributed by atoms with Gasteiger partial charge in [-0.2, -0.15) is 0 Å². The van der Waals surface area contributed by atoms with Crippen LogP contribution in [0.15, 0.2) is 24.4 Å². The van der Waals surface area contributed by atoms with Crippen LogP contribution in [-0.2, 0) is 6.42 Å². The van der Waals surface area contributed by atoms with Crippen molar-refractivity contribution >= 4 is 28.4 Å². The number of nitrogens with zero attached hydrogens (tertiary/aromatic N) is 6. The average Bonchev–Trinajstić information content (AvgIpc) is 2.99. The van der Waals surface area contributed by atoms with Crippen LogP contribution in [0.2, 0.25) is 0 Å². The summed E-state index contributed by atoms with van der Waals surface area (Å²) < 4.78 is 5.97. The van der Waals surface area contributed by atoms with Crippen LogP contribution < -0.4 is 26.0 Å². The maximum Gasteiger partial charge on any atom is 0.151 e. The summed E-state index contributed by atoms with van der Waals surface area (Å²) in [5.74, 6) is 2.69. The number of rotatable bonds is 13. The minimum Gasteiger partial charge on any atom is -0.495 e. The number of hydrogen-bond donors (Lipinski definition) is 3. The molecule has 2 aliphatic rings. The molecule has 0 saturated carbocycles. The minimum atomic E-state index is 0.400. The maximum atomic E-state index is 6.32. The van der Waals surface area contributed by atoms with Crippen molar-refractivity contribution in [1.29, 1.82) is 0 Å². The molecule has 4 N–H and O–H groups in total. The van der Waals surface area contributed by atoms with E-state index < -0.39 is 0 Å². The lowest BCUT2D eigenvalue weighted by Crippen LogP contribution is -2.49. The number of ether oxygens (including phenoxy) is 1. The predicted octanol–water partition coefficient (Wildman–Crippen LogP) is 3.72. The number of anilines is 3. The molecule has 1 unspecified atom stereocenters. The summed E-state index contributed by atoms with van der Waals surface area (Å²) in [5.41, 5.74) is 11.6. The molecule has 10 nitrogen and oxygen atoms in total. The molecular weight excluding hydrogens is 526 g/mol. The first-order valence-corrected chi connectivity index (χ1v) is 15.7. The Balaban J connectivity index is 1.40. The van der Waals surface area contributed by atoms with Crippen molar-refractivity contribution in [3.8, 4) is 16.9 Å². The second kappa shape index (κ2) is 13.8. The van der Waals surface area contributed by atoms with Crippen molar-refractivity contribution in [2.45, 2.75) is 46.1 Å². The smallest absolute Gasteiger partial charge is 0.151 e. The second-order valence-electron chi connectivity index (χ2n) is 11.7. The van der Waals surface area contributed by atoms with Crippen LogP contribution in [-0.4, -0.2) is 104 Å². The highest BCUT2D eigenvalue weighted by Crippen LogP contribution is 2.37. The van der Waals surface area contributed by atoms with Gasteiger partial charge in [-0.3, -0.25) is 4.90 Å². The van der Waals surface area contributed by atoms with Crippen LogP contribution in [0.5, 0.6) is 5.75 Å². The van der Waals surface area contributed by atoms with Gasteiger partial charge in [0.05, 0.1) is 18.5 Å². The van der Waals surface area contributed by atoms with Gasteiger partial charge in [-0.05, 0) is 50.9 Å². The number of methoxy groups -OCH3 is 1. The molecule has 2 fully saturated rings. The van der Waals surface area contributed by atoms with E-state index in [1.807, 2.05) is 6.20 Å². The van der Waals surface area contributed by atoms with Crippen LogP contribution >= 0.6 is 0 Å². The predicted molar refractivity (Wildman–Crippen MR) is 174 cm³/mol. The summed E-state index contributed by atoms with van der Waals surface area (Å²) in [6.45, 7) is 16.1. The molecule has 1 atom stereocenters. The van der Waals surface area contributed by atoms with Crippen molar-refractivity contribution in [2.24, 2.45) is 5.92 Å². The zero-order valence-electron chi connectivity index (χ0n) is 26.1. The number of pyridine rings is 1.